The molecule has 1 nitrogen and oxygen atoms in total. The van der Waals surface area contributed by atoms with Crippen LogP contribution >= 0.6 is 31.9 Å². The molecule has 0 bridgehead atoms. The normalized spacial score (nSPS) is 25.5. The van der Waals surface area contributed by atoms with Gasteiger partial charge >= 0.3 is 0 Å². The van der Waals surface area contributed by atoms with E-state index in [-0.39, 0.29) is 0 Å². The van der Waals surface area contributed by atoms with Crippen molar-refractivity contribution in [3.8, 4) is 0 Å². The second-order valence-corrected chi connectivity index (χ2v) is 6.35. The third kappa shape index (κ3) is 2.69. The van der Waals surface area contributed by atoms with Crippen molar-refractivity contribution in [1.29, 1.82) is 0 Å². The largest absolute Gasteiger partial charge is 0.310 e. The van der Waals surface area contributed by atoms with Crippen molar-refractivity contribution in [1.82, 2.24) is 5.32 Å². The lowest BCUT2D eigenvalue weighted by Gasteiger charge is -2.20. The molecule has 3 unspecified atom stereocenters. The van der Waals surface area contributed by atoms with Crippen LogP contribution in [0.15, 0.2) is 27.1 Å². The fourth-order valence-electron chi connectivity index (χ4n) is 2.28. The first-order chi connectivity index (χ1) is 7.63. The maximum atomic E-state index is 3.66. The highest BCUT2D eigenvalue weighted by atomic mass is 79.9. The topological polar surface area (TPSA) is 12.0 Å². The maximum absolute atomic E-state index is 3.66. The molecule has 3 heteroatoms. The smallest absolute Gasteiger partial charge is 0.0362 e. The molecule has 1 N–H and O–H groups in total. The van der Waals surface area contributed by atoms with Gasteiger partial charge in [0.2, 0.25) is 0 Å². The van der Waals surface area contributed by atoms with Crippen molar-refractivity contribution in [2.75, 3.05) is 6.54 Å². The number of hydrogen-bond acceptors (Lipinski definition) is 1. The van der Waals surface area contributed by atoms with E-state index in [1.807, 2.05) is 0 Å². The quantitative estimate of drug-likeness (QED) is 0.845. The Labute approximate surface area is 114 Å². The zero-order valence-electron chi connectivity index (χ0n) is 9.63. The first-order valence-corrected chi connectivity index (χ1v) is 7.40. The Morgan fingerprint density at radius 3 is 2.69 bits per heavy atom. The summed E-state index contributed by atoms with van der Waals surface area (Å²) in [6.45, 7) is 5.53. The van der Waals surface area contributed by atoms with Crippen LogP contribution in [-0.2, 0) is 0 Å². The predicted octanol–water partition coefficient (Wildman–Crippen LogP) is 4.52. The molecular weight excluding hydrogens is 330 g/mol. The Hall–Kier alpha value is 0.140. The van der Waals surface area contributed by atoms with Crippen LogP contribution in [0.25, 0.3) is 0 Å². The van der Waals surface area contributed by atoms with Gasteiger partial charge in [-0.15, -0.1) is 0 Å². The van der Waals surface area contributed by atoms with Crippen LogP contribution in [-0.4, -0.2) is 6.54 Å². The molecule has 0 aromatic heterocycles. The zero-order chi connectivity index (χ0) is 11.7. The number of hydrogen-bond donors (Lipinski definition) is 1. The second-order valence-electron chi connectivity index (χ2n) is 4.58. The molecule has 0 heterocycles. The highest BCUT2D eigenvalue weighted by molar-refractivity contribution is 9.11. The van der Waals surface area contributed by atoms with Crippen LogP contribution in [0.2, 0.25) is 0 Å². The highest BCUT2D eigenvalue weighted by Gasteiger charge is 2.40. The van der Waals surface area contributed by atoms with E-state index in [4.69, 9.17) is 0 Å². The third-order valence-corrected chi connectivity index (χ3v) is 4.53. The van der Waals surface area contributed by atoms with Gasteiger partial charge in [0.1, 0.15) is 0 Å². The number of halogens is 2. The van der Waals surface area contributed by atoms with Gasteiger partial charge in [-0.3, -0.25) is 0 Å². The van der Waals surface area contributed by atoms with Gasteiger partial charge in [-0.1, -0.05) is 45.7 Å². The number of rotatable bonds is 4. The average molecular weight is 347 g/mol. The maximum Gasteiger partial charge on any atom is 0.0362 e. The van der Waals surface area contributed by atoms with Crippen LogP contribution in [0.4, 0.5) is 0 Å². The summed E-state index contributed by atoms with van der Waals surface area (Å²) < 4.78 is 2.36. The Kier molecular flexibility index (Phi) is 4.09. The van der Waals surface area contributed by atoms with Crippen molar-refractivity contribution >= 4 is 31.9 Å². The minimum Gasteiger partial charge on any atom is -0.310 e. The Morgan fingerprint density at radius 1 is 1.44 bits per heavy atom. The van der Waals surface area contributed by atoms with Gasteiger partial charge in [0.05, 0.1) is 0 Å². The van der Waals surface area contributed by atoms with Crippen molar-refractivity contribution in [3.63, 3.8) is 0 Å². The van der Waals surface area contributed by atoms with Gasteiger partial charge in [0, 0.05) is 15.0 Å². The number of nitrogens with one attached hydrogen (secondary N) is 1. The minimum absolute atomic E-state index is 0.492. The molecule has 1 aromatic carbocycles. The van der Waals surface area contributed by atoms with E-state index in [0.717, 1.165) is 22.9 Å². The monoisotopic (exact) mass is 345 g/mol. The van der Waals surface area contributed by atoms with Crippen molar-refractivity contribution in [3.05, 3.63) is 32.7 Å². The van der Waals surface area contributed by atoms with Crippen molar-refractivity contribution in [2.24, 2.45) is 11.8 Å². The van der Waals surface area contributed by atoms with Crippen LogP contribution in [0, 0.1) is 11.8 Å². The Morgan fingerprint density at radius 2 is 2.12 bits per heavy atom. The summed E-state index contributed by atoms with van der Waals surface area (Å²) in [5, 5.41) is 3.61. The summed E-state index contributed by atoms with van der Waals surface area (Å²) in [7, 11) is 0. The molecule has 0 spiro atoms. The fraction of sp³-hybridized carbons (Fsp3) is 0.538. The molecule has 1 saturated carbocycles. The summed E-state index contributed by atoms with van der Waals surface area (Å²) in [4.78, 5) is 0. The summed E-state index contributed by atoms with van der Waals surface area (Å²) in [6.07, 6.45) is 1.34. The minimum atomic E-state index is 0.492. The first-order valence-electron chi connectivity index (χ1n) is 5.81. The van der Waals surface area contributed by atoms with Crippen LogP contribution in [0.1, 0.15) is 31.9 Å². The van der Waals surface area contributed by atoms with E-state index in [0.29, 0.717) is 6.04 Å². The Bertz CT molecular complexity index is 378. The van der Waals surface area contributed by atoms with Crippen molar-refractivity contribution < 1.29 is 0 Å². The van der Waals surface area contributed by atoms with Crippen LogP contribution < -0.4 is 5.32 Å². The molecular formula is C13H17Br2N. The Balaban J connectivity index is 2.27. The summed E-state index contributed by atoms with van der Waals surface area (Å²) in [5.74, 6) is 1.65. The van der Waals surface area contributed by atoms with Gasteiger partial charge in [0.25, 0.3) is 0 Å². The first kappa shape index (κ1) is 12.6. The number of benzene rings is 1. The van der Waals surface area contributed by atoms with Crippen LogP contribution in [0.5, 0.6) is 0 Å². The third-order valence-electron chi connectivity index (χ3n) is 3.32. The van der Waals surface area contributed by atoms with E-state index in [1.165, 1.54) is 16.5 Å². The van der Waals surface area contributed by atoms with Gasteiger partial charge in [-0.2, -0.15) is 0 Å². The molecule has 3 atom stereocenters. The van der Waals surface area contributed by atoms with E-state index in [1.54, 1.807) is 0 Å². The average Bonchev–Trinajstić information content (AvgIpc) is 2.96. The molecule has 1 aromatic rings. The molecule has 2 rings (SSSR count). The fourth-order valence-corrected chi connectivity index (χ4v) is 3.15. The van der Waals surface area contributed by atoms with E-state index < -0.39 is 0 Å². The summed E-state index contributed by atoms with van der Waals surface area (Å²) in [5.41, 5.74) is 1.38. The zero-order valence-corrected chi connectivity index (χ0v) is 12.8. The van der Waals surface area contributed by atoms with E-state index >= 15 is 0 Å². The lowest BCUT2D eigenvalue weighted by Crippen LogP contribution is -2.23. The van der Waals surface area contributed by atoms with Gasteiger partial charge in [-0.05, 0) is 48.6 Å². The molecule has 0 aliphatic heterocycles. The molecule has 16 heavy (non-hydrogen) atoms. The van der Waals surface area contributed by atoms with E-state index in [9.17, 15) is 0 Å². The second kappa shape index (κ2) is 5.19. The standard InChI is InChI=1S/C13H17Br2N/c1-3-16-13(10-6-8(10)2)11-7-9(14)4-5-12(11)15/h4-5,7-8,10,13,16H,3,6H2,1-2H3. The van der Waals surface area contributed by atoms with Gasteiger partial charge in [-0.25, -0.2) is 0 Å². The lowest BCUT2D eigenvalue weighted by atomic mass is 10.0. The molecule has 0 amide bonds. The lowest BCUT2D eigenvalue weighted by molar-refractivity contribution is 0.474. The predicted molar refractivity (Wildman–Crippen MR) is 75.5 cm³/mol. The molecule has 88 valence electrons. The van der Waals surface area contributed by atoms with E-state index in [2.05, 4.69) is 69.2 Å². The van der Waals surface area contributed by atoms with Gasteiger partial charge < -0.3 is 5.32 Å². The molecule has 1 aliphatic rings. The SMILES string of the molecule is CCNC(c1cc(Br)ccc1Br)C1CC1C. The van der Waals surface area contributed by atoms with Crippen molar-refractivity contribution in [2.45, 2.75) is 26.3 Å². The van der Waals surface area contributed by atoms with Gasteiger partial charge in [0.15, 0.2) is 0 Å². The highest BCUT2D eigenvalue weighted by Crippen LogP contribution is 2.48. The molecule has 0 saturated heterocycles. The molecule has 1 aliphatic carbocycles. The summed E-state index contributed by atoms with van der Waals surface area (Å²) >= 11 is 7.21. The summed E-state index contributed by atoms with van der Waals surface area (Å²) in [6, 6.07) is 6.92. The molecule has 1 fully saturated rings. The van der Waals surface area contributed by atoms with Crippen LogP contribution in [0.3, 0.4) is 0 Å². The molecule has 0 radical (unpaired) electrons.